The number of carbonyl (C=O) groups excluding carboxylic acids is 1. The number of hydrogen-bond acceptors (Lipinski definition) is 5. The first-order chi connectivity index (χ1) is 11.1. The van der Waals surface area contributed by atoms with Crippen LogP contribution in [0.25, 0.3) is 0 Å². The molecule has 3 unspecified atom stereocenters. The van der Waals surface area contributed by atoms with Gasteiger partial charge in [-0.15, -0.1) is 11.3 Å². The summed E-state index contributed by atoms with van der Waals surface area (Å²) in [7, 11) is 0. The Morgan fingerprint density at radius 3 is 2.61 bits per heavy atom. The van der Waals surface area contributed by atoms with Crippen molar-refractivity contribution in [1.29, 1.82) is 5.26 Å². The minimum absolute atomic E-state index is 0.0144. The number of nitro groups is 1. The first-order valence-corrected chi connectivity index (χ1v) is 7.96. The molecule has 116 valence electrons. The number of piperidine rings is 1. The number of nitrogens with zero attached hydrogens (tertiary/aromatic N) is 2. The molecule has 3 atom stereocenters. The number of non-ortho nitro benzene ring substituents is 1. The molecular formula is C16H13N3O3S. The molecule has 0 aliphatic carbocycles. The number of nitrogens with one attached hydrogen (secondary N) is 1. The van der Waals surface area contributed by atoms with Crippen LogP contribution in [0.15, 0.2) is 41.8 Å². The van der Waals surface area contributed by atoms with Crippen molar-refractivity contribution in [2.24, 2.45) is 5.92 Å². The van der Waals surface area contributed by atoms with Crippen molar-refractivity contribution in [1.82, 2.24) is 5.32 Å². The summed E-state index contributed by atoms with van der Waals surface area (Å²) in [6.07, 6.45) is 0.599. The fourth-order valence-corrected chi connectivity index (χ4v) is 3.75. The summed E-state index contributed by atoms with van der Waals surface area (Å²) in [6.45, 7) is 0. The number of rotatable bonds is 3. The molecule has 0 spiro atoms. The maximum Gasteiger partial charge on any atom is 0.269 e. The second-order valence-electron chi connectivity index (χ2n) is 5.37. The van der Waals surface area contributed by atoms with Gasteiger partial charge in [-0.25, -0.2) is 0 Å². The van der Waals surface area contributed by atoms with Gasteiger partial charge in [-0.1, -0.05) is 18.2 Å². The van der Waals surface area contributed by atoms with Gasteiger partial charge in [0.05, 0.1) is 17.0 Å². The first kappa shape index (κ1) is 15.2. The molecule has 1 aromatic carbocycles. The summed E-state index contributed by atoms with van der Waals surface area (Å²) in [6, 6.07) is 11.8. The summed E-state index contributed by atoms with van der Waals surface area (Å²) in [5, 5.41) is 24.8. The van der Waals surface area contributed by atoms with Crippen molar-refractivity contribution in [2.45, 2.75) is 18.4 Å². The maximum absolute atomic E-state index is 12.3. The Labute approximate surface area is 136 Å². The molecule has 7 heteroatoms. The fraction of sp³-hybridized carbons (Fsp3) is 0.250. The number of thiophene rings is 1. The second kappa shape index (κ2) is 6.18. The SMILES string of the molecule is N#CC1C(=O)NC(c2ccc([N+](=O)[O-])cc2)CC1c1cccs1. The predicted octanol–water partition coefficient (Wildman–Crippen LogP) is 3.14. The quantitative estimate of drug-likeness (QED) is 0.692. The lowest BCUT2D eigenvalue weighted by Gasteiger charge is -2.32. The molecule has 1 amide bonds. The highest BCUT2D eigenvalue weighted by Crippen LogP contribution is 2.40. The van der Waals surface area contributed by atoms with E-state index in [4.69, 9.17) is 0 Å². The van der Waals surface area contributed by atoms with E-state index in [0.717, 1.165) is 10.4 Å². The summed E-state index contributed by atoms with van der Waals surface area (Å²) in [5.74, 6) is -1.16. The van der Waals surface area contributed by atoms with Crippen LogP contribution < -0.4 is 5.32 Å². The Kier molecular flexibility index (Phi) is 4.08. The Bertz CT molecular complexity index is 765. The molecule has 2 aromatic rings. The predicted molar refractivity (Wildman–Crippen MR) is 84.8 cm³/mol. The van der Waals surface area contributed by atoms with Crippen LogP contribution in [0.1, 0.15) is 28.8 Å². The highest BCUT2D eigenvalue weighted by molar-refractivity contribution is 7.10. The highest BCUT2D eigenvalue weighted by atomic mass is 32.1. The minimum atomic E-state index is -0.706. The smallest absolute Gasteiger partial charge is 0.269 e. The third-order valence-corrected chi connectivity index (χ3v) is 5.05. The number of amides is 1. The molecule has 1 aliphatic rings. The Balaban J connectivity index is 1.88. The monoisotopic (exact) mass is 327 g/mol. The van der Waals surface area contributed by atoms with Crippen LogP contribution in [-0.2, 0) is 4.79 Å². The van der Waals surface area contributed by atoms with Gasteiger partial charge in [-0.3, -0.25) is 14.9 Å². The molecule has 1 fully saturated rings. The molecule has 1 N–H and O–H groups in total. The van der Waals surface area contributed by atoms with Crippen molar-refractivity contribution in [3.63, 3.8) is 0 Å². The molecular weight excluding hydrogens is 314 g/mol. The Morgan fingerprint density at radius 2 is 2.04 bits per heavy atom. The molecule has 3 rings (SSSR count). The largest absolute Gasteiger partial charge is 0.348 e. The van der Waals surface area contributed by atoms with E-state index in [1.165, 1.54) is 23.5 Å². The van der Waals surface area contributed by atoms with Gasteiger partial charge in [0, 0.05) is 22.9 Å². The fourth-order valence-electron chi connectivity index (χ4n) is 2.87. The van der Waals surface area contributed by atoms with E-state index < -0.39 is 10.8 Å². The zero-order chi connectivity index (χ0) is 16.4. The molecule has 1 aliphatic heterocycles. The number of hydrogen-bond donors (Lipinski definition) is 1. The van der Waals surface area contributed by atoms with Crippen LogP contribution in [0, 0.1) is 27.4 Å². The van der Waals surface area contributed by atoms with Crippen LogP contribution in [-0.4, -0.2) is 10.8 Å². The van der Waals surface area contributed by atoms with Crippen LogP contribution in [0.5, 0.6) is 0 Å². The van der Waals surface area contributed by atoms with E-state index in [1.54, 1.807) is 12.1 Å². The Morgan fingerprint density at radius 1 is 1.30 bits per heavy atom. The van der Waals surface area contributed by atoms with Crippen molar-refractivity contribution >= 4 is 22.9 Å². The van der Waals surface area contributed by atoms with E-state index in [0.29, 0.717) is 6.42 Å². The Hall–Kier alpha value is -2.72. The number of nitro benzene ring substituents is 1. The van der Waals surface area contributed by atoms with Gasteiger partial charge in [-0.05, 0) is 23.4 Å². The average molecular weight is 327 g/mol. The lowest BCUT2D eigenvalue weighted by molar-refractivity contribution is -0.384. The molecule has 6 nitrogen and oxygen atoms in total. The van der Waals surface area contributed by atoms with Crippen molar-refractivity contribution in [3.05, 3.63) is 62.3 Å². The lowest BCUT2D eigenvalue weighted by Crippen LogP contribution is -2.42. The molecule has 0 saturated carbocycles. The van der Waals surface area contributed by atoms with E-state index in [9.17, 15) is 20.2 Å². The molecule has 2 heterocycles. The standard InChI is InChI=1S/C16H13N3O3S/c17-9-13-12(15-2-1-7-23-15)8-14(18-16(13)20)10-3-5-11(6-4-10)19(21)22/h1-7,12-14H,8H2,(H,18,20). The van der Waals surface area contributed by atoms with Crippen molar-refractivity contribution < 1.29 is 9.72 Å². The van der Waals surface area contributed by atoms with Crippen molar-refractivity contribution in [2.75, 3.05) is 0 Å². The number of carbonyl (C=O) groups is 1. The molecule has 1 saturated heterocycles. The van der Waals surface area contributed by atoms with Gasteiger partial charge < -0.3 is 5.32 Å². The van der Waals surface area contributed by atoms with Gasteiger partial charge in [0.15, 0.2) is 0 Å². The van der Waals surface area contributed by atoms with E-state index in [2.05, 4.69) is 11.4 Å². The maximum atomic E-state index is 12.3. The van der Waals surface area contributed by atoms with Crippen LogP contribution in [0.4, 0.5) is 5.69 Å². The number of nitriles is 1. The van der Waals surface area contributed by atoms with Crippen LogP contribution in [0.3, 0.4) is 0 Å². The van der Waals surface area contributed by atoms with Crippen LogP contribution in [0.2, 0.25) is 0 Å². The van der Waals surface area contributed by atoms with E-state index >= 15 is 0 Å². The zero-order valence-corrected chi connectivity index (χ0v) is 12.8. The third-order valence-electron chi connectivity index (χ3n) is 4.04. The average Bonchev–Trinajstić information content (AvgIpc) is 3.08. The summed E-state index contributed by atoms with van der Waals surface area (Å²) < 4.78 is 0. The van der Waals surface area contributed by atoms with Gasteiger partial charge in [0.2, 0.25) is 5.91 Å². The molecule has 23 heavy (non-hydrogen) atoms. The lowest BCUT2D eigenvalue weighted by atomic mass is 9.80. The summed E-state index contributed by atoms with van der Waals surface area (Å²) in [4.78, 5) is 23.5. The summed E-state index contributed by atoms with van der Waals surface area (Å²) >= 11 is 1.53. The van der Waals surface area contributed by atoms with E-state index in [1.807, 2.05) is 17.5 Å². The zero-order valence-electron chi connectivity index (χ0n) is 12.0. The first-order valence-electron chi connectivity index (χ1n) is 7.08. The highest BCUT2D eigenvalue weighted by Gasteiger charge is 2.38. The van der Waals surface area contributed by atoms with Crippen molar-refractivity contribution in [3.8, 4) is 6.07 Å². The summed E-state index contributed by atoms with van der Waals surface area (Å²) in [5.41, 5.74) is 0.822. The minimum Gasteiger partial charge on any atom is -0.348 e. The molecule has 0 bridgehead atoms. The van der Waals surface area contributed by atoms with Gasteiger partial charge >= 0.3 is 0 Å². The second-order valence-corrected chi connectivity index (χ2v) is 6.35. The van der Waals surface area contributed by atoms with Crippen LogP contribution >= 0.6 is 11.3 Å². The third kappa shape index (κ3) is 2.94. The topological polar surface area (TPSA) is 96.0 Å². The van der Waals surface area contributed by atoms with Gasteiger partial charge in [-0.2, -0.15) is 5.26 Å². The number of benzene rings is 1. The van der Waals surface area contributed by atoms with Gasteiger partial charge in [0.25, 0.3) is 5.69 Å². The van der Waals surface area contributed by atoms with Gasteiger partial charge in [0.1, 0.15) is 5.92 Å². The normalized spacial score (nSPS) is 23.8. The molecule has 1 aromatic heterocycles. The molecule has 0 radical (unpaired) electrons. The van der Waals surface area contributed by atoms with E-state index in [-0.39, 0.29) is 23.6 Å².